The minimum absolute atomic E-state index is 0.0492. The lowest BCUT2D eigenvalue weighted by Crippen LogP contribution is -2.44. The summed E-state index contributed by atoms with van der Waals surface area (Å²) in [5, 5.41) is -1.27. The van der Waals surface area contributed by atoms with Gasteiger partial charge in [-0.3, -0.25) is 9.46 Å². The van der Waals surface area contributed by atoms with Crippen molar-refractivity contribution in [3.63, 3.8) is 0 Å². The fraction of sp³-hybridized carbons (Fsp3) is 0.882. The van der Waals surface area contributed by atoms with E-state index in [0.29, 0.717) is 12.8 Å². The van der Waals surface area contributed by atoms with Crippen LogP contribution in [0.1, 0.15) is 60.3 Å². The molecule has 3 atom stereocenters. The van der Waals surface area contributed by atoms with Crippen LogP contribution in [0.5, 0.6) is 0 Å². The van der Waals surface area contributed by atoms with Gasteiger partial charge in [-0.25, -0.2) is 9.59 Å². The van der Waals surface area contributed by atoms with E-state index in [0.717, 1.165) is 0 Å². The van der Waals surface area contributed by atoms with E-state index in [2.05, 4.69) is 0 Å². The standard InChI is InChI=1S/C17H32NO7P/c1-7-9-17(8-2,26(21,22)23)12-10-13(14(19)24-6)18(11-12)15(20)25-16(3,4)5/h12-13H,7-11H2,1-6H3,(H2,21,22,23). The molecular weight excluding hydrogens is 361 g/mol. The smallest absolute Gasteiger partial charge is 0.411 e. The number of esters is 1. The van der Waals surface area contributed by atoms with Gasteiger partial charge in [0.2, 0.25) is 0 Å². The summed E-state index contributed by atoms with van der Waals surface area (Å²) in [5.41, 5.74) is -0.746. The quantitative estimate of drug-likeness (QED) is 0.527. The summed E-state index contributed by atoms with van der Waals surface area (Å²) in [5.74, 6) is -1.13. The minimum atomic E-state index is -4.47. The van der Waals surface area contributed by atoms with Gasteiger partial charge in [-0.15, -0.1) is 0 Å². The van der Waals surface area contributed by atoms with Crippen molar-refractivity contribution in [3.8, 4) is 0 Å². The van der Waals surface area contributed by atoms with E-state index in [1.54, 1.807) is 27.7 Å². The normalized spacial score (nSPS) is 23.5. The second kappa shape index (κ2) is 8.28. The Bertz CT molecular complexity index is 568. The van der Waals surface area contributed by atoms with Crippen LogP contribution in [-0.2, 0) is 18.8 Å². The van der Waals surface area contributed by atoms with E-state index in [1.807, 2.05) is 6.92 Å². The Hall–Kier alpha value is -1.11. The molecule has 1 aliphatic heterocycles. The molecule has 1 rings (SSSR count). The van der Waals surface area contributed by atoms with E-state index in [9.17, 15) is 23.9 Å². The molecule has 1 aliphatic rings. The Morgan fingerprint density at radius 3 is 2.19 bits per heavy atom. The fourth-order valence-electron chi connectivity index (χ4n) is 3.80. The molecular formula is C17H32NO7P. The van der Waals surface area contributed by atoms with E-state index in [1.165, 1.54) is 12.0 Å². The summed E-state index contributed by atoms with van der Waals surface area (Å²) in [6.07, 6.45) is 0.623. The molecule has 0 spiro atoms. The Morgan fingerprint density at radius 2 is 1.81 bits per heavy atom. The zero-order valence-electron chi connectivity index (χ0n) is 16.5. The third kappa shape index (κ3) is 4.78. The lowest BCUT2D eigenvalue weighted by atomic mass is 9.83. The fourth-order valence-corrected chi connectivity index (χ4v) is 5.39. The predicted molar refractivity (Wildman–Crippen MR) is 96.8 cm³/mol. The first-order valence-electron chi connectivity index (χ1n) is 8.96. The Morgan fingerprint density at radius 1 is 1.23 bits per heavy atom. The average molecular weight is 393 g/mol. The topological polar surface area (TPSA) is 113 Å². The first-order valence-corrected chi connectivity index (χ1v) is 10.6. The van der Waals surface area contributed by atoms with E-state index >= 15 is 0 Å². The second-order valence-electron chi connectivity index (χ2n) is 7.86. The average Bonchev–Trinajstić information content (AvgIpc) is 2.94. The van der Waals surface area contributed by atoms with Gasteiger partial charge in [0.25, 0.3) is 0 Å². The van der Waals surface area contributed by atoms with Crippen molar-refractivity contribution in [2.24, 2.45) is 5.92 Å². The highest BCUT2D eigenvalue weighted by atomic mass is 31.2. The summed E-state index contributed by atoms with van der Waals surface area (Å²) in [6.45, 7) is 8.79. The van der Waals surface area contributed by atoms with Crippen LogP contribution in [0, 0.1) is 5.92 Å². The number of hydrogen-bond donors (Lipinski definition) is 2. The maximum atomic E-state index is 12.6. The van der Waals surface area contributed by atoms with Gasteiger partial charge in [0.05, 0.1) is 12.3 Å². The molecule has 1 heterocycles. The molecule has 0 aromatic heterocycles. The predicted octanol–water partition coefficient (Wildman–Crippen LogP) is 2.91. The third-order valence-electron chi connectivity index (χ3n) is 5.04. The third-order valence-corrected chi connectivity index (χ3v) is 7.10. The molecule has 26 heavy (non-hydrogen) atoms. The van der Waals surface area contributed by atoms with Crippen molar-refractivity contribution in [1.82, 2.24) is 4.90 Å². The highest BCUT2D eigenvalue weighted by Gasteiger charge is 2.56. The molecule has 152 valence electrons. The van der Waals surface area contributed by atoms with Gasteiger partial charge in [-0.2, -0.15) is 0 Å². The first-order chi connectivity index (χ1) is 11.8. The van der Waals surface area contributed by atoms with Gasteiger partial charge in [0, 0.05) is 6.54 Å². The molecule has 0 aromatic rings. The first kappa shape index (κ1) is 22.9. The maximum absolute atomic E-state index is 12.6. The number of methoxy groups -OCH3 is 1. The van der Waals surface area contributed by atoms with Gasteiger partial charge in [0.15, 0.2) is 0 Å². The lowest BCUT2D eigenvalue weighted by Gasteiger charge is -2.38. The van der Waals surface area contributed by atoms with Gasteiger partial charge in [-0.05, 0) is 46.0 Å². The lowest BCUT2D eigenvalue weighted by molar-refractivity contribution is -0.145. The number of carbonyl (C=O) groups excluding carboxylic acids is 2. The highest BCUT2D eigenvalue weighted by Crippen LogP contribution is 2.61. The van der Waals surface area contributed by atoms with E-state index in [-0.39, 0.29) is 19.4 Å². The molecule has 2 N–H and O–H groups in total. The van der Waals surface area contributed by atoms with E-state index in [4.69, 9.17) is 9.47 Å². The van der Waals surface area contributed by atoms with Crippen molar-refractivity contribution >= 4 is 19.7 Å². The number of carbonyl (C=O) groups is 2. The molecule has 1 saturated heterocycles. The second-order valence-corrected chi connectivity index (χ2v) is 9.83. The minimum Gasteiger partial charge on any atom is -0.467 e. The van der Waals surface area contributed by atoms with E-state index < -0.39 is 42.4 Å². The molecule has 0 bridgehead atoms. The highest BCUT2D eigenvalue weighted by molar-refractivity contribution is 7.53. The zero-order chi connectivity index (χ0) is 20.3. The van der Waals surface area contributed by atoms with Crippen LogP contribution in [-0.4, -0.2) is 57.2 Å². The van der Waals surface area contributed by atoms with Crippen molar-refractivity contribution < 1.29 is 33.4 Å². The summed E-state index contributed by atoms with van der Waals surface area (Å²) in [7, 11) is -3.24. The number of hydrogen-bond acceptors (Lipinski definition) is 5. The van der Waals surface area contributed by atoms with Crippen molar-refractivity contribution in [1.29, 1.82) is 0 Å². The molecule has 3 unspecified atom stereocenters. The molecule has 1 amide bonds. The van der Waals surface area contributed by atoms with Gasteiger partial charge in [-0.1, -0.05) is 20.3 Å². The van der Waals surface area contributed by atoms with Crippen molar-refractivity contribution in [3.05, 3.63) is 0 Å². The van der Waals surface area contributed by atoms with Crippen LogP contribution in [0.2, 0.25) is 0 Å². The van der Waals surface area contributed by atoms with Crippen molar-refractivity contribution in [2.45, 2.75) is 77.1 Å². The molecule has 8 nitrogen and oxygen atoms in total. The monoisotopic (exact) mass is 393 g/mol. The number of likely N-dealkylation sites (tertiary alicyclic amines) is 1. The Balaban J connectivity index is 3.25. The maximum Gasteiger partial charge on any atom is 0.411 e. The molecule has 1 fully saturated rings. The van der Waals surface area contributed by atoms with Crippen molar-refractivity contribution in [2.75, 3.05) is 13.7 Å². The molecule has 0 aromatic carbocycles. The number of amides is 1. The van der Waals surface area contributed by atoms with Gasteiger partial charge >= 0.3 is 19.7 Å². The number of ether oxygens (including phenoxy) is 2. The Labute approximate surface area is 155 Å². The van der Waals surface area contributed by atoms with Crippen LogP contribution >= 0.6 is 7.60 Å². The SMILES string of the molecule is CCCC(CC)(C1CC(C(=O)OC)N(C(=O)OC(C)(C)C)C1)P(=O)(O)O. The van der Waals surface area contributed by atoms with Gasteiger partial charge in [0.1, 0.15) is 11.6 Å². The van der Waals surface area contributed by atoms with Gasteiger partial charge < -0.3 is 19.3 Å². The molecule has 0 aliphatic carbocycles. The van der Waals surface area contributed by atoms with Crippen LogP contribution in [0.4, 0.5) is 4.79 Å². The van der Waals surface area contributed by atoms with Crippen LogP contribution < -0.4 is 0 Å². The van der Waals surface area contributed by atoms with Crippen LogP contribution in [0.15, 0.2) is 0 Å². The molecule has 0 radical (unpaired) electrons. The number of nitrogens with zero attached hydrogens (tertiary/aromatic N) is 1. The Kier molecular flexibility index (Phi) is 7.30. The summed E-state index contributed by atoms with van der Waals surface area (Å²) in [6, 6.07) is -0.908. The summed E-state index contributed by atoms with van der Waals surface area (Å²) >= 11 is 0. The molecule has 9 heteroatoms. The van der Waals surface area contributed by atoms with Crippen LogP contribution in [0.3, 0.4) is 0 Å². The molecule has 0 saturated carbocycles. The number of rotatable bonds is 6. The largest absolute Gasteiger partial charge is 0.467 e. The summed E-state index contributed by atoms with van der Waals surface area (Å²) < 4.78 is 22.5. The summed E-state index contributed by atoms with van der Waals surface area (Å²) in [4.78, 5) is 46.2. The van der Waals surface area contributed by atoms with Crippen LogP contribution in [0.25, 0.3) is 0 Å². The zero-order valence-corrected chi connectivity index (χ0v) is 17.4.